The molecule has 3 aromatic carbocycles. The number of nitrogens with zero attached hydrogens (tertiary/aromatic N) is 2. The molecule has 3 aromatic rings. The second kappa shape index (κ2) is 11.1. The van der Waals surface area contributed by atoms with Gasteiger partial charge >= 0.3 is 12.1 Å². The van der Waals surface area contributed by atoms with Gasteiger partial charge in [-0.25, -0.2) is 9.59 Å². The topological polar surface area (TPSA) is 126 Å². The molecule has 0 heterocycles. The maximum absolute atomic E-state index is 12.5. The van der Waals surface area contributed by atoms with Gasteiger partial charge in [0.25, 0.3) is 0 Å². The van der Waals surface area contributed by atoms with Crippen molar-refractivity contribution in [3.8, 4) is 11.1 Å². The van der Waals surface area contributed by atoms with E-state index in [4.69, 9.17) is 10.6 Å². The highest BCUT2D eigenvalue weighted by Gasteiger charge is 2.30. The van der Waals surface area contributed by atoms with E-state index in [2.05, 4.69) is 15.4 Å². The number of hydrogen-bond acceptors (Lipinski definition) is 6. The number of carboxylic acid groups (broad SMARTS) is 1. The number of alkyl carbamates (subject to hydrolysis) is 1. The van der Waals surface area contributed by atoms with Crippen LogP contribution in [0.25, 0.3) is 11.1 Å². The van der Waals surface area contributed by atoms with E-state index in [0.717, 1.165) is 27.8 Å². The molecule has 4 N–H and O–H groups in total. The number of amides is 1. The van der Waals surface area contributed by atoms with Crippen LogP contribution in [0.15, 0.2) is 89.0 Å². The summed E-state index contributed by atoms with van der Waals surface area (Å²) in [6.45, 7) is 0.486. The van der Waals surface area contributed by atoms with E-state index in [1.165, 1.54) is 6.21 Å². The molecular weight excluding hydrogens is 444 g/mol. The average molecular weight is 471 g/mol. The van der Waals surface area contributed by atoms with Gasteiger partial charge in [-0.05, 0) is 27.8 Å². The minimum atomic E-state index is -1.27. The number of nitrogens with two attached hydrogens (primary N) is 1. The molecule has 8 heteroatoms. The molecule has 178 valence electrons. The second-order valence-corrected chi connectivity index (χ2v) is 8.14. The fourth-order valence-electron chi connectivity index (χ4n) is 4.17. The van der Waals surface area contributed by atoms with Gasteiger partial charge in [0.1, 0.15) is 12.6 Å². The Morgan fingerprint density at radius 3 is 2.17 bits per heavy atom. The van der Waals surface area contributed by atoms with Crippen molar-refractivity contribution >= 4 is 24.0 Å². The smallest absolute Gasteiger partial charge is 0.407 e. The van der Waals surface area contributed by atoms with E-state index in [1.807, 2.05) is 78.9 Å². The highest BCUT2D eigenvalue weighted by Crippen LogP contribution is 2.44. The molecule has 0 bridgehead atoms. The number of carbonyl (C=O) groups excluding carboxylic acids is 1. The van der Waals surface area contributed by atoms with Crippen molar-refractivity contribution in [2.75, 3.05) is 6.61 Å². The first-order valence-electron chi connectivity index (χ1n) is 11.2. The Hall–Kier alpha value is -4.46. The number of hydrogen-bond donors (Lipinski definition) is 3. The lowest BCUT2D eigenvalue weighted by Gasteiger charge is -2.17. The third kappa shape index (κ3) is 5.73. The third-order valence-corrected chi connectivity index (χ3v) is 5.87. The number of aliphatic carboxylic acids is 1. The van der Waals surface area contributed by atoms with Crippen molar-refractivity contribution in [3.63, 3.8) is 0 Å². The van der Waals surface area contributed by atoms with Crippen LogP contribution in [0.1, 0.15) is 29.0 Å². The van der Waals surface area contributed by atoms with E-state index in [1.54, 1.807) is 0 Å². The van der Waals surface area contributed by atoms with Gasteiger partial charge in [-0.2, -0.15) is 5.10 Å². The van der Waals surface area contributed by atoms with E-state index < -0.39 is 18.1 Å². The summed E-state index contributed by atoms with van der Waals surface area (Å²) in [5, 5.41) is 15.6. The summed E-state index contributed by atoms with van der Waals surface area (Å²) in [6.07, 6.45) is 0.466. The molecule has 0 aromatic heterocycles. The zero-order valence-corrected chi connectivity index (χ0v) is 19.0. The van der Waals surface area contributed by atoms with Crippen molar-refractivity contribution < 1.29 is 19.4 Å². The first-order valence-corrected chi connectivity index (χ1v) is 11.2. The fraction of sp³-hybridized carbons (Fsp3) is 0.185. The number of rotatable bonds is 9. The maximum Gasteiger partial charge on any atom is 0.407 e. The lowest BCUT2D eigenvalue weighted by molar-refractivity contribution is -0.139. The number of carbonyl (C=O) groups is 2. The molecule has 1 unspecified atom stereocenters. The number of nitrogens with one attached hydrogen (secondary N) is 1. The quantitative estimate of drug-likeness (QED) is 0.248. The molecule has 35 heavy (non-hydrogen) atoms. The Morgan fingerprint density at radius 1 is 0.971 bits per heavy atom. The van der Waals surface area contributed by atoms with E-state index >= 15 is 0 Å². The first kappa shape index (κ1) is 23.7. The van der Waals surface area contributed by atoms with Crippen molar-refractivity contribution in [3.05, 3.63) is 95.6 Å². The molecule has 0 radical (unpaired) electrons. The van der Waals surface area contributed by atoms with Crippen LogP contribution in [-0.4, -0.2) is 41.7 Å². The van der Waals surface area contributed by atoms with E-state index in [0.29, 0.717) is 6.54 Å². The van der Waals surface area contributed by atoms with Crippen molar-refractivity contribution in [1.82, 2.24) is 5.32 Å². The Balaban J connectivity index is 1.36. The molecular formula is C27H26N4O4. The van der Waals surface area contributed by atoms with Crippen molar-refractivity contribution in [2.24, 2.45) is 15.9 Å². The molecule has 0 fully saturated rings. The lowest BCUT2D eigenvalue weighted by atomic mass is 9.98. The molecule has 8 nitrogen and oxygen atoms in total. The van der Waals surface area contributed by atoms with Gasteiger partial charge in [0, 0.05) is 18.6 Å². The van der Waals surface area contributed by atoms with Crippen LogP contribution in [0.4, 0.5) is 4.79 Å². The summed E-state index contributed by atoms with van der Waals surface area (Å²) >= 11 is 0. The van der Waals surface area contributed by atoms with E-state index in [9.17, 15) is 14.7 Å². The standard InChI is InChI=1S/C27H26N4O4/c28-31-19(16-29-15-18-8-2-1-3-9-18)14-25(26(32)33)30-27(34)35-17-24-22-12-6-4-10-20(22)21-11-5-7-13-23(21)24/h1-13,16,24-25H,14-15,17,28H2,(H,30,34)(H,32,33). The molecule has 0 spiro atoms. The van der Waals surface area contributed by atoms with Gasteiger partial charge in [0.05, 0.1) is 12.3 Å². The Labute approximate surface area is 203 Å². The minimum absolute atomic E-state index is 0.0859. The summed E-state index contributed by atoms with van der Waals surface area (Å²) < 4.78 is 5.46. The predicted molar refractivity (Wildman–Crippen MR) is 135 cm³/mol. The fourth-order valence-corrected chi connectivity index (χ4v) is 4.17. The minimum Gasteiger partial charge on any atom is -0.480 e. The van der Waals surface area contributed by atoms with Crippen LogP contribution in [0.3, 0.4) is 0 Å². The average Bonchev–Trinajstić information content (AvgIpc) is 3.20. The Morgan fingerprint density at radius 2 is 1.57 bits per heavy atom. The zero-order chi connectivity index (χ0) is 24.6. The van der Waals surface area contributed by atoms with Crippen LogP contribution in [-0.2, 0) is 16.1 Å². The highest BCUT2D eigenvalue weighted by molar-refractivity contribution is 6.31. The normalized spacial score (nSPS) is 13.8. The van der Waals surface area contributed by atoms with Crippen molar-refractivity contribution in [1.29, 1.82) is 0 Å². The lowest BCUT2D eigenvalue weighted by Crippen LogP contribution is -2.43. The monoisotopic (exact) mass is 470 g/mol. The predicted octanol–water partition coefficient (Wildman–Crippen LogP) is 3.95. The van der Waals surface area contributed by atoms with E-state index in [-0.39, 0.29) is 24.7 Å². The second-order valence-electron chi connectivity index (χ2n) is 8.14. The summed E-state index contributed by atoms with van der Waals surface area (Å²) in [5.74, 6) is 4.07. The maximum atomic E-state index is 12.5. The van der Waals surface area contributed by atoms with Crippen LogP contribution in [0.5, 0.6) is 0 Å². The van der Waals surface area contributed by atoms with Gasteiger partial charge in [-0.15, -0.1) is 0 Å². The van der Waals surface area contributed by atoms with Gasteiger partial charge in [-0.3, -0.25) is 4.99 Å². The van der Waals surface area contributed by atoms with Crippen LogP contribution in [0.2, 0.25) is 0 Å². The molecule has 4 rings (SSSR count). The molecule has 1 aliphatic rings. The van der Waals surface area contributed by atoms with Gasteiger partial charge in [0.2, 0.25) is 0 Å². The Kier molecular flexibility index (Phi) is 7.52. The van der Waals surface area contributed by atoms with Gasteiger partial charge in [0.15, 0.2) is 0 Å². The molecule has 1 atom stereocenters. The van der Waals surface area contributed by atoms with Crippen LogP contribution < -0.4 is 11.2 Å². The SMILES string of the molecule is NN=C(C=NCc1ccccc1)CC(NC(=O)OCC1c2ccccc2-c2ccccc21)C(=O)O. The molecule has 0 saturated heterocycles. The summed E-state index contributed by atoms with van der Waals surface area (Å²) in [5.41, 5.74) is 5.60. The van der Waals surface area contributed by atoms with Gasteiger partial charge in [-0.1, -0.05) is 78.9 Å². The summed E-state index contributed by atoms with van der Waals surface area (Å²) in [7, 11) is 0. The van der Waals surface area contributed by atoms with Crippen molar-refractivity contribution in [2.45, 2.75) is 24.9 Å². The Bertz CT molecular complexity index is 1210. The first-order chi connectivity index (χ1) is 17.1. The summed E-state index contributed by atoms with van der Waals surface area (Å²) in [6, 6.07) is 24.3. The number of hydrazone groups is 1. The molecule has 0 saturated carbocycles. The number of carboxylic acids is 1. The largest absolute Gasteiger partial charge is 0.480 e. The number of aliphatic imine (C=N–C) groups is 1. The summed E-state index contributed by atoms with van der Waals surface area (Å²) in [4.78, 5) is 28.5. The highest BCUT2D eigenvalue weighted by atomic mass is 16.5. The third-order valence-electron chi connectivity index (χ3n) is 5.87. The number of benzene rings is 3. The number of ether oxygens (including phenoxy) is 1. The zero-order valence-electron chi connectivity index (χ0n) is 19.0. The number of fused-ring (bicyclic) bond motifs is 3. The molecule has 0 aliphatic heterocycles. The molecule has 1 aliphatic carbocycles. The van der Waals surface area contributed by atoms with Crippen LogP contribution >= 0.6 is 0 Å². The molecule has 1 amide bonds. The van der Waals surface area contributed by atoms with Gasteiger partial charge < -0.3 is 21.0 Å². The van der Waals surface area contributed by atoms with Crippen LogP contribution in [0, 0.1) is 0 Å².